The Morgan fingerprint density at radius 3 is 2.05 bits per heavy atom. The van der Waals surface area contributed by atoms with E-state index in [1.54, 1.807) is 0 Å². The van der Waals surface area contributed by atoms with Crippen LogP contribution in [0.1, 0.15) is 207 Å². The lowest BCUT2D eigenvalue weighted by Gasteiger charge is -2.20. The van der Waals surface area contributed by atoms with E-state index < -0.39 is 0 Å². The molecule has 0 fully saturated rings. The summed E-state index contributed by atoms with van der Waals surface area (Å²) in [5.41, 5.74) is 14.5. The van der Waals surface area contributed by atoms with E-state index >= 15 is 0 Å². The van der Waals surface area contributed by atoms with Crippen molar-refractivity contribution in [3.8, 4) is 0 Å². The van der Waals surface area contributed by atoms with Crippen LogP contribution in [0.4, 0.5) is 11.5 Å². The summed E-state index contributed by atoms with van der Waals surface area (Å²) in [5, 5.41) is 3.55. The molecular formula is C53H95N5. The Bertz CT molecular complexity index is 1300. The Kier molecular flexibility index (Phi) is 38.9. The van der Waals surface area contributed by atoms with Gasteiger partial charge in [-0.15, -0.1) is 12.3 Å². The van der Waals surface area contributed by atoms with Gasteiger partial charge in [0, 0.05) is 17.0 Å². The summed E-state index contributed by atoms with van der Waals surface area (Å²) >= 11 is 0. The van der Waals surface area contributed by atoms with Gasteiger partial charge in [0.15, 0.2) is 5.82 Å². The van der Waals surface area contributed by atoms with Crippen LogP contribution in [0, 0.1) is 12.3 Å². The number of anilines is 1. The van der Waals surface area contributed by atoms with Gasteiger partial charge in [0.2, 0.25) is 0 Å². The largest absolute Gasteiger partial charge is 0.343 e. The van der Waals surface area contributed by atoms with Gasteiger partial charge in [-0.05, 0) is 142 Å². The number of aliphatic imine (C=N–C) groups is 1. The molecular weight excluding hydrogens is 707 g/mol. The number of aryl methyl sites for hydroxylation is 1. The van der Waals surface area contributed by atoms with Crippen LogP contribution in [0.2, 0.25) is 0 Å². The standard InChI is InChI=1S/C33H54N4.C11H22.C8H14.CH5N/c1-7-9-10-11-12-13-14-19-25-37(6)26-20-15-16-22-28(4)35-33-32(34-27(3)21-8-2)29(5)30-23-17-18-24-31(30)36-33;1-3-5-7-9-11-10-8-6-4-2;1-5-6-7-8(2,3)4;1-2/h7,17,23H,1,4,8-16,18-22,24-26H2,2-3,5-6H3,(H,35,36);7,9H,3-6,8,10-11H2,1-2H3;6H,1,7H2,2-4H3;2H2,1H3/b;9-7+;;. The van der Waals surface area contributed by atoms with Crippen LogP contribution < -0.4 is 11.1 Å². The predicted molar refractivity (Wildman–Crippen MR) is 266 cm³/mol. The first kappa shape index (κ1) is 57.1. The molecule has 1 aliphatic rings. The van der Waals surface area contributed by atoms with Gasteiger partial charge >= 0.3 is 0 Å². The molecule has 0 bridgehead atoms. The van der Waals surface area contributed by atoms with E-state index in [1.807, 2.05) is 12.2 Å². The third kappa shape index (κ3) is 32.9. The second-order valence-electron chi connectivity index (χ2n) is 17.2. The molecule has 0 saturated heterocycles. The summed E-state index contributed by atoms with van der Waals surface area (Å²) in [7, 11) is 3.77. The molecule has 3 N–H and O–H groups in total. The maximum Gasteiger partial charge on any atom is 0.156 e. The number of fused-ring (bicyclic) bond motifs is 1. The Labute approximate surface area is 362 Å². The highest BCUT2D eigenvalue weighted by Gasteiger charge is 2.17. The van der Waals surface area contributed by atoms with Crippen LogP contribution in [0.3, 0.4) is 0 Å². The molecule has 0 unspecified atom stereocenters. The summed E-state index contributed by atoms with van der Waals surface area (Å²) in [4.78, 5) is 12.5. The normalized spacial score (nSPS) is 12.0. The molecule has 5 heteroatoms. The minimum Gasteiger partial charge on any atom is -0.343 e. The summed E-state index contributed by atoms with van der Waals surface area (Å²) in [6.45, 7) is 31.6. The molecule has 0 atom stereocenters. The Balaban J connectivity index is 0. The number of nitrogens with two attached hydrogens (primary N) is 1. The van der Waals surface area contributed by atoms with Gasteiger partial charge in [0.25, 0.3) is 0 Å². The second kappa shape index (κ2) is 39.5. The van der Waals surface area contributed by atoms with Gasteiger partial charge < -0.3 is 16.0 Å². The van der Waals surface area contributed by atoms with Crippen molar-refractivity contribution in [1.82, 2.24) is 9.88 Å². The summed E-state index contributed by atoms with van der Waals surface area (Å²) in [5.74, 6) is 0.882. The van der Waals surface area contributed by atoms with Crippen LogP contribution in [-0.4, -0.2) is 42.8 Å². The highest BCUT2D eigenvalue weighted by molar-refractivity contribution is 5.88. The first-order valence-corrected chi connectivity index (χ1v) is 23.5. The SMILES string of the molecule is C=C=CCC(C)(C)C.C=CCCCCCCCCN(C)CCCCCC(=C)Nc1nc2c(c(C)c1N=C(C)CCC)C=CCC2.CCC/C=C/CCCCCC.CN. The van der Waals surface area contributed by atoms with Gasteiger partial charge in [-0.25, -0.2) is 4.98 Å². The Morgan fingerprint density at radius 2 is 1.47 bits per heavy atom. The van der Waals surface area contributed by atoms with Crippen molar-refractivity contribution in [2.24, 2.45) is 16.1 Å². The monoisotopic (exact) mass is 802 g/mol. The van der Waals surface area contributed by atoms with E-state index in [2.05, 4.69) is 128 Å². The second-order valence-corrected chi connectivity index (χ2v) is 17.2. The summed E-state index contributed by atoms with van der Waals surface area (Å²) in [6.07, 6.45) is 41.6. The molecule has 0 aliphatic heterocycles. The van der Waals surface area contributed by atoms with E-state index in [0.717, 1.165) is 67.9 Å². The number of nitrogens with one attached hydrogen (secondary N) is 1. The van der Waals surface area contributed by atoms with Crippen LogP contribution in [0.5, 0.6) is 0 Å². The van der Waals surface area contributed by atoms with E-state index in [9.17, 15) is 0 Å². The molecule has 0 aromatic carbocycles. The minimum atomic E-state index is 0.394. The van der Waals surface area contributed by atoms with Crippen molar-refractivity contribution in [1.29, 1.82) is 0 Å². The third-order valence-corrected chi connectivity index (χ3v) is 10.0. The molecule has 58 heavy (non-hydrogen) atoms. The van der Waals surface area contributed by atoms with Gasteiger partial charge in [-0.2, -0.15) is 0 Å². The zero-order chi connectivity index (χ0) is 43.9. The lowest BCUT2D eigenvalue weighted by atomic mass is 9.92. The number of rotatable bonds is 28. The molecule has 0 saturated carbocycles. The number of aromatic nitrogens is 1. The van der Waals surface area contributed by atoms with Gasteiger partial charge in [0.1, 0.15) is 5.69 Å². The fraction of sp³-hybridized carbons (Fsp3) is 0.679. The van der Waals surface area contributed by atoms with Gasteiger partial charge in [0.05, 0.1) is 5.69 Å². The van der Waals surface area contributed by atoms with Crippen molar-refractivity contribution in [2.45, 2.75) is 203 Å². The lowest BCUT2D eigenvalue weighted by molar-refractivity contribution is 0.315. The maximum absolute atomic E-state index is 5.01. The third-order valence-electron chi connectivity index (χ3n) is 10.0. The molecule has 0 spiro atoms. The summed E-state index contributed by atoms with van der Waals surface area (Å²) in [6, 6.07) is 0. The van der Waals surface area contributed by atoms with Crippen LogP contribution in [0.25, 0.3) is 6.08 Å². The van der Waals surface area contributed by atoms with Crippen LogP contribution in [0.15, 0.2) is 66.5 Å². The fourth-order valence-corrected chi connectivity index (χ4v) is 6.52. The van der Waals surface area contributed by atoms with Crippen molar-refractivity contribution in [3.63, 3.8) is 0 Å². The van der Waals surface area contributed by atoms with E-state index in [4.69, 9.17) is 9.98 Å². The van der Waals surface area contributed by atoms with Gasteiger partial charge in [-0.3, -0.25) is 4.99 Å². The minimum absolute atomic E-state index is 0.394. The molecule has 1 heterocycles. The first-order chi connectivity index (χ1) is 27.9. The number of nitrogens with zero attached hydrogens (tertiary/aromatic N) is 3. The number of hydrogen-bond donors (Lipinski definition) is 2. The lowest BCUT2D eigenvalue weighted by Crippen LogP contribution is -2.20. The number of unbranched alkanes of at least 4 members (excludes halogenated alkanes) is 13. The zero-order valence-corrected chi connectivity index (χ0v) is 40.2. The van der Waals surface area contributed by atoms with Gasteiger partial charge in [-0.1, -0.05) is 149 Å². The average Bonchev–Trinajstić information content (AvgIpc) is 3.20. The van der Waals surface area contributed by atoms with Crippen LogP contribution in [-0.2, 0) is 6.42 Å². The predicted octanol–water partition coefficient (Wildman–Crippen LogP) is 16.2. The summed E-state index contributed by atoms with van der Waals surface area (Å²) < 4.78 is 0. The van der Waals surface area contributed by atoms with E-state index in [-0.39, 0.29) is 0 Å². The van der Waals surface area contributed by atoms with Crippen molar-refractivity contribution >= 4 is 23.3 Å². The molecule has 332 valence electrons. The maximum atomic E-state index is 5.01. The Hall–Kier alpha value is -2.98. The highest BCUT2D eigenvalue weighted by atomic mass is 15.1. The first-order valence-electron chi connectivity index (χ1n) is 23.5. The molecule has 1 aromatic rings. The quantitative estimate of drug-likeness (QED) is 0.0383. The van der Waals surface area contributed by atoms with E-state index in [1.165, 1.54) is 140 Å². The molecule has 1 aromatic heterocycles. The number of pyridine rings is 1. The molecule has 2 rings (SSSR count). The molecule has 0 radical (unpaired) electrons. The molecule has 0 amide bonds. The fourth-order valence-electron chi connectivity index (χ4n) is 6.52. The molecule has 5 nitrogen and oxygen atoms in total. The average molecular weight is 802 g/mol. The number of hydrogen-bond acceptors (Lipinski definition) is 5. The highest BCUT2D eigenvalue weighted by Crippen LogP contribution is 2.35. The smallest absolute Gasteiger partial charge is 0.156 e. The topological polar surface area (TPSA) is 66.5 Å². The zero-order valence-electron chi connectivity index (χ0n) is 40.2. The van der Waals surface area contributed by atoms with Crippen molar-refractivity contribution < 1.29 is 0 Å². The van der Waals surface area contributed by atoms with E-state index in [0.29, 0.717) is 5.41 Å². The van der Waals surface area contributed by atoms with Crippen molar-refractivity contribution in [3.05, 3.63) is 78.4 Å². The van der Waals surface area contributed by atoms with Crippen molar-refractivity contribution in [2.75, 3.05) is 32.5 Å². The number of allylic oxidation sites excluding steroid dienone is 6. The van der Waals surface area contributed by atoms with Crippen LogP contribution >= 0.6 is 0 Å². The molecule has 1 aliphatic carbocycles. The Morgan fingerprint density at radius 1 is 0.862 bits per heavy atom.